The van der Waals surface area contributed by atoms with Crippen LogP contribution in [0.4, 0.5) is 5.82 Å². The molecule has 3 N–H and O–H groups in total. The molecule has 76 valence electrons. The molecule has 1 aliphatic heterocycles. The number of rotatable bonds is 3. The number of thioether (sulfide) groups is 1. The van der Waals surface area contributed by atoms with Gasteiger partial charge in [0.15, 0.2) is 0 Å². The zero-order valence-corrected chi connectivity index (χ0v) is 8.97. The maximum absolute atomic E-state index is 5.55. The van der Waals surface area contributed by atoms with Crippen LogP contribution >= 0.6 is 11.8 Å². The minimum Gasteiger partial charge on any atom is -0.366 e. The lowest BCUT2D eigenvalue weighted by molar-refractivity contribution is 0.794. The lowest BCUT2D eigenvalue weighted by Gasteiger charge is -2.14. The van der Waals surface area contributed by atoms with Crippen molar-refractivity contribution < 1.29 is 0 Å². The summed E-state index contributed by atoms with van der Waals surface area (Å²) in [6.45, 7) is 2.67. The van der Waals surface area contributed by atoms with Gasteiger partial charge in [0.25, 0.3) is 0 Å². The highest BCUT2D eigenvalue weighted by molar-refractivity contribution is 7.98. The van der Waals surface area contributed by atoms with Crippen LogP contribution in [-0.4, -0.2) is 22.6 Å². The van der Waals surface area contributed by atoms with E-state index in [1.807, 2.05) is 11.8 Å². The normalized spacial score (nSPS) is 16.4. The van der Waals surface area contributed by atoms with Gasteiger partial charge in [-0.2, -0.15) is 11.8 Å². The number of nitrogens with two attached hydrogens (primary N) is 1. The molecule has 1 aromatic rings. The molecule has 0 aromatic carbocycles. The number of hydrogen-bond acceptors (Lipinski definition) is 5. The summed E-state index contributed by atoms with van der Waals surface area (Å²) in [5.41, 5.74) is 7.97. The second-order valence-electron chi connectivity index (χ2n) is 3.42. The maximum atomic E-state index is 5.55. The lowest BCUT2D eigenvalue weighted by atomic mass is 10.2. The molecule has 2 rings (SSSR count). The molecule has 0 bridgehead atoms. The molecule has 0 amide bonds. The second kappa shape index (κ2) is 4.14. The Morgan fingerprint density at radius 2 is 2.43 bits per heavy atom. The summed E-state index contributed by atoms with van der Waals surface area (Å²) in [6, 6.07) is 0.264. The van der Waals surface area contributed by atoms with E-state index in [1.165, 1.54) is 5.56 Å². The third-order valence-electron chi connectivity index (χ3n) is 2.26. The molecule has 14 heavy (non-hydrogen) atoms. The molecular formula is C9H14N4S. The zero-order valence-electron chi connectivity index (χ0n) is 8.16. The molecule has 0 fully saturated rings. The van der Waals surface area contributed by atoms with Gasteiger partial charge >= 0.3 is 0 Å². The van der Waals surface area contributed by atoms with Gasteiger partial charge in [-0.1, -0.05) is 0 Å². The summed E-state index contributed by atoms with van der Waals surface area (Å²) in [5.74, 6) is 2.97. The largest absolute Gasteiger partial charge is 0.366 e. The molecule has 1 aliphatic rings. The van der Waals surface area contributed by atoms with Gasteiger partial charge in [-0.05, 0) is 6.92 Å². The molecule has 5 heteroatoms. The molecule has 1 unspecified atom stereocenters. The van der Waals surface area contributed by atoms with Crippen molar-refractivity contribution in [2.24, 2.45) is 5.73 Å². The quantitative estimate of drug-likeness (QED) is 0.778. The third kappa shape index (κ3) is 1.83. The van der Waals surface area contributed by atoms with E-state index in [2.05, 4.69) is 22.2 Å². The Morgan fingerprint density at radius 3 is 3.21 bits per heavy atom. The van der Waals surface area contributed by atoms with Crippen LogP contribution in [0.2, 0.25) is 0 Å². The van der Waals surface area contributed by atoms with Crippen LogP contribution in [0.3, 0.4) is 0 Å². The Labute approximate surface area is 87.7 Å². The number of anilines is 1. The average Bonchev–Trinajstić information content (AvgIpc) is 2.66. The number of aromatic nitrogens is 2. The molecule has 0 spiro atoms. The van der Waals surface area contributed by atoms with Gasteiger partial charge in [0, 0.05) is 29.7 Å². The highest BCUT2D eigenvalue weighted by Gasteiger charge is 2.17. The molecule has 0 aliphatic carbocycles. The van der Waals surface area contributed by atoms with Gasteiger partial charge in [0.05, 0.1) is 5.69 Å². The number of hydrogen-bond donors (Lipinski definition) is 2. The van der Waals surface area contributed by atoms with Gasteiger partial charge in [-0.25, -0.2) is 9.97 Å². The average molecular weight is 210 g/mol. The smallest absolute Gasteiger partial charge is 0.133 e. The fourth-order valence-corrected chi connectivity index (χ4v) is 2.44. The van der Waals surface area contributed by atoms with Crippen molar-refractivity contribution in [3.63, 3.8) is 0 Å². The van der Waals surface area contributed by atoms with Crippen molar-refractivity contribution in [1.29, 1.82) is 0 Å². The fourth-order valence-electron chi connectivity index (χ4n) is 1.39. The van der Waals surface area contributed by atoms with E-state index in [0.29, 0.717) is 6.54 Å². The minimum absolute atomic E-state index is 0.264. The Kier molecular flexibility index (Phi) is 2.88. The van der Waals surface area contributed by atoms with Gasteiger partial charge in [0.1, 0.15) is 12.1 Å². The summed E-state index contributed by atoms with van der Waals surface area (Å²) < 4.78 is 0. The van der Waals surface area contributed by atoms with Crippen LogP contribution in [0.5, 0.6) is 0 Å². The zero-order chi connectivity index (χ0) is 9.97. The van der Waals surface area contributed by atoms with Crippen molar-refractivity contribution in [2.45, 2.75) is 24.5 Å². The Morgan fingerprint density at radius 1 is 1.57 bits per heavy atom. The van der Waals surface area contributed by atoms with E-state index in [4.69, 9.17) is 5.73 Å². The van der Waals surface area contributed by atoms with Crippen LogP contribution < -0.4 is 11.1 Å². The first-order valence-electron chi connectivity index (χ1n) is 4.68. The van der Waals surface area contributed by atoms with Crippen LogP contribution in [0.15, 0.2) is 6.33 Å². The van der Waals surface area contributed by atoms with Gasteiger partial charge in [-0.15, -0.1) is 0 Å². The third-order valence-corrected chi connectivity index (χ3v) is 3.23. The van der Waals surface area contributed by atoms with E-state index < -0.39 is 0 Å². The number of fused-ring (bicyclic) bond motifs is 1. The van der Waals surface area contributed by atoms with Gasteiger partial charge in [-0.3, -0.25) is 0 Å². The first-order valence-corrected chi connectivity index (χ1v) is 5.84. The Bertz CT molecular complexity index is 329. The Hall–Kier alpha value is -0.810. The molecule has 1 aromatic heterocycles. The van der Waals surface area contributed by atoms with Crippen molar-refractivity contribution in [3.8, 4) is 0 Å². The number of nitrogens with one attached hydrogen (secondary N) is 1. The van der Waals surface area contributed by atoms with E-state index in [1.54, 1.807) is 6.33 Å². The highest BCUT2D eigenvalue weighted by atomic mass is 32.2. The predicted molar refractivity (Wildman–Crippen MR) is 59.2 cm³/mol. The molecule has 0 radical (unpaired) electrons. The molecule has 0 saturated heterocycles. The molecule has 0 saturated carbocycles. The predicted octanol–water partition coefficient (Wildman–Crippen LogP) is 0.982. The van der Waals surface area contributed by atoms with Crippen LogP contribution in [0.1, 0.15) is 18.2 Å². The first kappa shape index (κ1) is 9.73. The monoisotopic (exact) mass is 210 g/mol. The fraction of sp³-hybridized carbons (Fsp3) is 0.556. The van der Waals surface area contributed by atoms with Crippen LogP contribution in [-0.2, 0) is 11.5 Å². The van der Waals surface area contributed by atoms with Crippen molar-refractivity contribution in [1.82, 2.24) is 9.97 Å². The van der Waals surface area contributed by atoms with E-state index in [0.717, 1.165) is 23.0 Å². The maximum Gasteiger partial charge on any atom is 0.133 e. The summed E-state index contributed by atoms with van der Waals surface area (Å²) in [6.07, 6.45) is 1.62. The summed E-state index contributed by atoms with van der Waals surface area (Å²) in [4.78, 5) is 8.50. The second-order valence-corrected chi connectivity index (χ2v) is 4.41. The van der Waals surface area contributed by atoms with E-state index in [-0.39, 0.29) is 6.04 Å². The summed E-state index contributed by atoms with van der Waals surface area (Å²) in [7, 11) is 0. The first-order chi connectivity index (χ1) is 6.81. The molecule has 4 nitrogen and oxygen atoms in total. The summed E-state index contributed by atoms with van der Waals surface area (Å²) >= 11 is 1.88. The standard InChI is InChI=1S/C9H14N4S/c1-6(2-10)13-9-7-3-14-4-8(7)11-5-12-9/h5-6H,2-4,10H2,1H3,(H,11,12,13). The van der Waals surface area contributed by atoms with Crippen LogP contribution in [0.25, 0.3) is 0 Å². The number of nitrogens with zero attached hydrogens (tertiary/aromatic N) is 2. The van der Waals surface area contributed by atoms with Crippen molar-refractivity contribution >= 4 is 17.6 Å². The Balaban J connectivity index is 2.22. The van der Waals surface area contributed by atoms with E-state index >= 15 is 0 Å². The van der Waals surface area contributed by atoms with Crippen LogP contribution in [0, 0.1) is 0 Å². The summed E-state index contributed by atoms with van der Waals surface area (Å²) in [5, 5.41) is 3.30. The highest BCUT2D eigenvalue weighted by Crippen LogP contribution is 2.31. The van der Waals surface area contributed by atoms with Gasteiger partial charge < -0.3 is 11.1 Å². The van der Waals surface area contributed by atoms with E-state index in [9.17, 15) is 0 Å². The molecule has 2 heterocycles. The molecular weight excluding hydrogens is 196 g/mol. The minimum atomic E-state index is 0.264. The SMILES string of the molecule is CC(CN)Nc1ncnc2c1CSC2. The van der Waals surface area contributed by atoms with Gasteiger partial charge in [0.2, 0.25) is 0 Å². The molecule has 1 atom stereocenters. The van der Waals surface area contributed by atoms with Crippen molar-refractivity contribution in [2.75, 3.05) is 11.9 Å². The topological polar surface area (TPSA) is 63.8 Å². The van der Waals surface area contributed by atoms with Crippen molar-refractivity contribution in [3.05, 3.63) is 17.6 Å². The lowest BCUT2D eigenvalue weighted by Crippen LogP contribution is -2.26.